The maximum atomic E-state index is 12.4. The second-order valence-electron chi connectivity index (χ2n) is 6.57. The number of anilines is 2. The van der Waals surface area contributed by atoms with E-state index in [1.54, 1.807) is 19.1 Å². The van der Waals surface area contributed by atoms with Gasteiger partial charge in [0.25, 0.3) is 5.91 Å². The monoisotopic (exact) mass is 369 g/mol. The summed E-state index contributed by atoms with van der Waals surface area (Å²) in [7, 11) is 0. The number of benzene rings is 2. The lowest BCUT2D eigenvalue weighted by atomic mass is 10.1. The van der Waals surface area contributed by atoms with Crippen LogP contribution in [0.25, 0.3) is 0 Å². The summed E-state index contributed by atoms with van der Waals surface area (Å²) in [5.74, 6) is -0.288. The Balaban J connectivity index is 1.60. The van der Waals surface area contributed by atoms with Crippen LogP contribution in [0.15, 0.2) is 48.5 Å². The highest BCUT2D eigenvalue weighted by Crippen LogP contribution is 2.27. The van der Waals surface area contributed by atoms with Crippen LogP contribution in [-0.4, -0.2) is 30.0 Å². The second-order valence-corrected chi connectivity index (χ2v) is 6.57. The molecule has 3 rings (SSSR count). The lowest BCUT2D eigenvalue weighted by molar-refractivity contribution is -0.386. The van der Waals surface area contributed by atoms with Gasteiger partial charge in [-0.25, -0.2) is 0 Å². The van der Waals surface area contributed by atoms with Gasteiger partial charge in [-0.15, -0.1) is 0 Å². The summed E-state index contributed by atoms with van der Waals surface area (Å²) in [4.78, 5) is 25.2. The van der Waals surface area contributed by atoms with Gasteiger partial charge >= 0.3 is 5.69 Å². The van der Waals surface area contributed by atoms with Crippen molar-refractivity contribution in [3.8, 4) is 5.75 Å². The summed E-state index contributed by atoms with van der Waals surface area (Å²) in [6, 6.07) is 13.7. The number of nitrogens with one attached hydrogen (secondary N) is 1. The minimum absolute atomic E-state index is 0.0746. The third-order valence-corrected chi connectivity index (χ3v) is 4.59. The Labute approximate surface area is 158 Å². The van der Waals surface area contributed by atoms with Gasteiger partial charge < -0.3 is 15.0 Å². The number of ether oxygens (including phenoxy) is 1. The maximum absolute atomic E-state index is 12.4. The van der Waals surface area contributed by atoms with E-state index in [1.165, 1.54) is 31.4 Å². The van der Waals surface area contributed by atoms with Gasteiger partial charge in [0, 0.05) is 30.5 Å². The Morgan fingerprint density at radius 2 is 1.78 bits per heavy atom. The van der Waals surface area contributed by atoms with E-state index in [2.05, 4.69) is 10.2 Å². The van der Waals surface area contributed by atoms with E-state index in [-0.39, 0.29) is 17.3 Å². The van der Waals surface area contributed by atoms with Crippen LogP contribution in [0.1, 0.15) is 26.2 Å². The van der Waals surface area contributed by atoms with E-state index >= 15 is 0 Å². The summed E-state index contributed by atoms with van der Waals surface area (Å²) in [6.07, 6.45) is 2.83. The zero-order valence-electron chi connectivity index (χ0n) is 15.3. The number of rotatable bonds is 6. The van der Waals surface area contributed by atoms with E-state index in [9.17, 15) is 14.9 Å². The molecular weight excluding hydrogens is 346 g/mol. The number of hydrogen-bond donors (Lipinski definition) is 1. The first-order chi connectivity index (χ1) is 13.0. The van der Waals surface area contributed by atoms with E-state index < -0.39 is 11.0 Å². The summed E-state index contributed by atoms with van der Waals surface area (Å²) in [5, 5.41) is 13.8. The summed E-state index contributed by atoms with van der Waals surface area (Å²) in [5.41, 5.74) is 1.65. The highest BCUT2D eigenvalue weighted by atomic mass is 16.6. The van der Waals surface area contributed by atoms with Gasteiger partial charge in [0.2, 0.25) is 0 Å². The van der Waals surface area contributed by atoms with Crippen LogP contribution in [0, 0.1) is 10.1 Å². The topological polar surface area (TPSA) is 84.7 Å². The quantitative estimate of drug-likeness (QED) is 0.615. The fraction of sp³-hybridized carbons (Fsp3) is 0.350. The first-order valence-corrected chi connectivity index (χ1v) is 9.10. The molecule has 2 aromatic rings. The zero-order valence-corrected chi connectivity index (χ0v) is 15.3. The predicted octanol–water partition coefficient (Wildman–Crippen LogP) is 3.99. The van der Waals surface area contributed by atoms with Crippen molar-refractivity contribution >= 4 is 23.0 Å². The van der Waals surface area contributed by atoms with Crippen LogP contribution in [0.5, 0.6) is 5.75 Å². The molecule has 1 amide bonds. The molecule has 2 aromatic carbocycles. The Kier molecular flexibility index (Phi) is 5.90. The second kappa shape index (κ2) is 8.53. The molecular formula is C20H23N3O4. The minimum Gasteiger partial charge on any atom is -0.474 e. The number of para-hydroxylation sites is 2. The van der Waals surface area contributed by atoms with Crippen molar-refractivity contribution in [1.29, 1.82) is 0 Å². The molecule has 0 spiro atoms. The maximum Gasteiger partial charge on any atom is 0.310 e. The van der Waals surface area contributed by atoms with Gasteiger partial charge in [0.05, 0.1) is 4.92 Å². The molecule has 0 aliphatic carbocycles. The number of nitro benzene ring substituents is 1. The Morgan fingerprint density at radius 3 is 2.44 bits per heavy atom. The van der Waals surface area contributed by atoms with Gasteiger partial charge in [-0.2, -0.15) is 0 Å². The molecule has 7 nitrogen and oxygen atoms in total. The molecule has 1 aliphatic heterocycles. The lowest BCUT2D eigenvalue weighted by Crippen LogP contribution is -2.30. The van der Waals surface area contributed by atoms with Crippen molar-refractivity contribution < 1.29 is 14.5 Å². The van der Waals surface area contributed by atoms with Crippen LogP contribution in [0.4, 0.5) is 17.1 Å². The number of amides is 1. The Morgan fingerprint density at radius 1 is 1.11 bits per heavy atom. The summed E-state index contributed by atoms with van der Waals surface area (Å²) < 4.78 is 5.50. The van der Waals surface area contributed by atoms with E-state index in [0.29, 0.717) is 5.69 Å². The molecule has 27 heavy (non-hydrogen) atoms. The SMILES string of the molecule is C[C@H](Oc1ccccc1[N+](=O)[O-])C(=O)Nc1ccc(N2CCCCC2)cc1. The third kappa shape index (κ3) is 4.75. The average Bonchev–Trinajstić information content (AvgIpc) is 2.69. The summed E-state index contributed by atoms with van der Waals surface area (Å²) in [6.45, 7) is 3.69. The third-order valence-electron chi connectivity index (χ3n) is 4.59. The number of piperidine rings is 1. The smallest absolute Gasteiger partial charge is 0.310 e. The standard InChI is InChI=1S/C20H23N3O4/c1-15(27-19-8-4-3-7-18(19)23(25)26)20(24)21-16-9-11-17(12-10-16)22-13-5-2-6-14-22/h3-4,7-12,15H,2,5-6,13-14H2,1H3,(H,21,24)/t15-/m0/s1. The highest BCUT2D eigenvalue weighted by molar-refractivity contribution is 5.94. The number of nitro groups is 1. The minimum atomic E-state index is -0.868. The molecule has 7 heteroatoms. The molecule has 0 saturated carbocycles. The van der Waals surface area contributed by atoms with Crippen molar-refractivity contribution in [2.45, 2.75) is 32.3 Å². The number of hydrogen-bond acceptors (Lipinski definition) is 5. The fourth-order valence-corrected chi connectivity index (χ4v) is 3.10. The van der Waals surface area contributed by atoms with Gasteiger partial charge in [-0.3, -0.25) is 14.9 Å². The number of nitrogens with zero attached hydrogens (tertiary/aromatic N) is 2. The van der Waals surface area contributed by atoms with Gasteiger partial charge in [-0.05, 0) is 56.5 Å². The summed E-state index contributed by atoms with van der Waals surface area (Å²) >= 11 is 0. The van der Waals surface area contributed by atoms with Gasteiger partial charge in [0.1, 0.15) is 0 Å². The van der Waals surface area contributed by atoms with E-state index in [0.717, 1.165) is 18.8 Å². The molecule has 1 N–H and O–H groups in total. The van der Waals surface area contributed by atoms with Gasteiger partial charge in [-0.1, -0.05) is 12.1 Å². The Bertz CT molecular complexity index is 801. The normalized spacial score (nSPS) is 15.1. The van der Waals surface area contributed by atoms with Crippen LogP contribution in [-0.2, 0) is 4.79 Å². The number of carbonyl (C=O) groups is 1. The molecule has 0 unspecified atom stereocenters. The van der Waals surface area contributed by atoms with Crippen molar-refractivity contribution in [1.82, 2.24) is 0 Å². The molecule has 1 aliphatic rings. The van der Waals surface area contributed by atoms with Crippen LogP contribution < -0.4 is 15.0 Å². The molecule has 0 radical (unpaired) electrons. The highest BCUT2D eigenvalue weighted by Gasteiger charge is 2.21. The first-order valence-electron chi connectivity index (χ1n) is 9.10. The average molecular weight is 369 g/mol. The largest absolute Gasteiger partial charge is 0.474 e. The fourth-order valence-electron chi connectivity index (χ4n) is 3.10. The molecule has 142 valence electrons. The van der Waals surface area contributed by atoms with Crippen LogP contribution in [0.2, 0.25) is 0 Å². The van der Waals surface area contributed by atoms with Gasteiger partial charge in [0.15, 0.2) is 11.9 Å². The van der Waals surface area contributed by atoms with E-state index in [1.807, 2.05) is 24.3 Å². The predicted molar refractivity (Wildman–Crippen MR) is 104 cm³/mol. The zero-order chi connectivity index (χ0) is 19.2. The van der Waals surface area contributed by atoms with Crippen molar-refractivity contribution in [3.63, 3.8) is 0 Å². The number of carbonyl (C=O) groups excluding carboxylic acids is 1. The van der Waals surface area contributed by atoms with Crippen molar-refractivity contribution in [2.24, 2.45) is 0 Å². The van der Waals surface area contributed by atoms with Crippen molar-refractivity contribution in [2.75, 3.05) is 23.3 Å². The molecule has 1 fully saturated rings. The molecule has 0 bridgehead atoms. The van der Waals surface area contributed by atoms with Crippen molar-refractivity contribution in [3.05, 3.63) is 58.6 Å². The molecule has 0 aromatic heterocycles. The van der Waals surface area contributed by atoms with Crippen LogP contribution >= 0.6 is 0 Å². The molecule has 1 saturated heterocycles. The Hall–Kier alpha value is -3.09. The molecule has 1 heterocycles. The molecule has 1 atom stereocenters. The van der Waals surface area contributed by atoms with E-state index in [4.69, 9.17) is 4.74 Å². The van der Waals surface area contributed by atoms with Crippen LogP contribution in [0.3, 0.4) is 0 Å². The lowest BCUT2D eigenvalue weighted by Gasteiger charge is -2.28. The first kappa shape index (κ1) is 18.7.